The van der Waals surface area contributed by atoms with Gasteiger partial charge in [-0.25, -0.2) is 0 Å². The largest absolute Gasteiger partial charge is 0.493 e. The Labute approximate surface area is 117 Å². The second-order valence-corrected chi connectivity index (χ2v) is 6.19. The van der Waals surface area contributed by atoms with E-state index in [0.717, 1.165) is 18.8 Å². The molecule has 1 unspecified atom stereocenters. The molecule has 1 aliphatic heterocycles. The molecule has 1 saturated carbocycles. The average molecular weight is 271 g/mol. The van der Waals surface area contributed by atoms with Crippen molar-refractivity contribution in [2.24, 2.45) is 5.41 Å². The molecule has 0 spiro atoms. The Kier molecular flexibility index (Phi) is 2.20. The van der Waals surface area contributed by atoms with Gasteiger partial charge in [0.25, 0.3) is 5.95 Å². The monoisotopic (exact) mass is 271 g/mol. The maximum absolute atomic E-state index is 5.66. The normalized spacial score (nSPS) is 26.1. The van der Waals surface area contributed by atoms with E-state index in [1.54, 1.807) is 0 Å². The van der Waals surface area contributed by atoms with Crippen molar-refractivity contribution in [3.63, 3.8) is 0 Å². The van der Waals surface area contributed by atoms with Gasteiger partial charge in [-0.2, -0.15) is 4.98 Å². The summed E-state index contributed by atoms with van der Waals surface area (Å²) >= 11 is 0. The standard InChI is InChI=1S/C15H17N3O2/c1-15(2)11(12(15)13-17-14(16)18-20-13)9-4-3-5-10-8(9)6-7-19-10/h3-5,11-12H,6-7H2,1-2H3,(H2,16,18)/t11?,12-/m0/s1. The van der Waals surface area contributed by atoms with Crippen molar-refractivity contribution in [1.82, 2.24) is 10.1 Å². The summed E-state index contributed by atoms with van der Waals surface area (Å²) in [6.07, 6.45) is 0.983. The highest BCUT2D eigenvalue weighted by Crippen LogP contribution is 2.70. The second-order valence-electron chi connectivity index (χ2n) is 6.19. The number of fused-ring (bicyclic) bond motifs is 1. The van der Waals surface area contributed by atoms with E-state index in [4.69, 9.17) is 15.0 Å². The molecule has 104 valence electrons. The first-order valence-corrected chi connectivity index (χ1v) is 6.92. The Morgan fingerprint density at radius 2 is 2.15 bits per heavy atom. The first-order valence-electron chi connectivity index (χ1n) is 6.92. The van der Waals surface area contributed by atoms with E-state index in [9.17, 15) is 0 Å². The Hall–Kier alpha value is -2.04. The highest BCUT2D eigenvalue weighted by Gasteiger charge is 2.62. The van der Waals surface area contributed by atoms with Gasteiger partial charge in [0.2, 0.25) is 5.89 Å². The van der Waals surface area contributed by atoms with Gasteiger partial charge in [0.15, 0.2) is 0 Å². The summed E-state index contributed by atoms with van der Waals surface area (Å²) in [5.74, 6) is 2.50. The average Bonchev–Trinajstić information content (AvgIpc) is 2.83. The maximum Gasteiger partial charge on any atom is 0.260 e. The van der Waals surface area contributed by atoms with Crippen LogP contribution in [0.2, 0.25) is 0 Å². The Bertz CT molecular complexity index is 678. The summed E-state index contributed by atoms with van der Waals surface area (Å²) < 4.78 is 10.9. The molecule has 0 radical (unpaired) electrons. The van der Waals surface area contributed by atoms with Crippen LogP contribution in [0.3, 0.4) is 0 Å². The van der Waals surface area contributed by atoms with E-state index < -0.39 is 0 Å². The molecular weight excluding hydrogens is 254 g/mol. The van der Waals surface area contributed by atoms with Crippen LogP contribution >= 0.6 is 0 Å². The molecule has 2 aliphatic rings. The summed E-state index contributed by atoms with van der Waals surface area (Å²) in [6, 6.07) is 6.30. The van der Waals surface area contributed by atoms with E-state index in [-0.39, 0.29) is 17.3 Å². The minimum Gasteiger partial charge on any atom is -0.493 e. The third-order valence-corrected chi connectivity index (χ3v) is 4.66. The third-order valence-electron chi connectivity index (χ3n) is 4.66. The molecule has 1 aliphatic carbocycles. The smallest absolute Gasteiger partial charge is 0.260 e. The molecule has 4 rings (SSSR count). The van der Waals surface area contributed by atoms with Gasteiger partial charge in [0.1, 0.15) is 5.75 Å². The summed E-state index contributed by atoms with van der Waals surface area (Å²) in [5, 5.41) is 3.71. The fraction of sp³-hybridized carbons (Fsp3) is 0.467. The van der Waals surface area contributed by atoms with Gasteiger partial charge in [0, 0.05) is 17.9 Å². The van der Waals surface area contributed by atoms with Crippen molar-refractivity contribution in [3.8, 4) is 5.75 Å². The summed E-state index contributed by atoms with van der Waals surface area (Å²) in [4.78, 5) is 4.21. The lowest BCUT2D eigenvalue weighted by Crippen LogP contribution is -1.94. The number of nitrogens with zero attached hydrogens (tertiary/aromatic N) is 2. The van der Waals surface area contributed by atoms with E-state index in [1.807, 2.05) is 6.07 Å². The van der Waals surface area contributed by atoms with E-state index in [1.165, 1.54) is 11.1 Å². The molecule has 1 fully saturated rings. The first-order chi connectivity index (χ1) is 9.59. The number of ether oxygens (including phenoxy) is 1. The minimum atomic E-state index is 0.108. The van der Waals surface area contributed by atoms with Gasteiger partial charge in [-0.1, -0.05) is 26.0 Å². The van der Waals surface area contributed by atoms with Gasteiger partial charge < -0.3 is 15.0 Å². The summed E-state index contributed by atoms with van der Waals surface area (Å²) in [5.41, 5.74) is 8.37. The van der Waals surface area contributed by atoms with Crippen molar-refractivity contribution < 1.29 is 9.26 Å². The predicted octanol–water partition coefficient (Wildman–Crippen LogP) is 2.49. The van der Waals surface area contributed by atoms with Crippen LogP contribution in [0.5, 0.6) is 5.75 Å². The molecule has 0 saturated heterocycles. The third kappa shape index (κ3) is 1.49. The molecule has 1 aromatic heterocycles. The summed E-state index contributed by atoms with van der Waals surface area (Å²) in [7, 11) is 0. The SMILES string of the molecule is CC1(C)C(c2cccc3c2CCO3)[C@H]1c1nc(N)no1. The van der Waals surface area contributed by atoms with E-state index in [0.29, 0.717) is 11.8 Å². The fourth-order valence-electron chi connectivity index (χ4n) is 3.59. The number of anilines is 1. The molecule has 5 heteroatoms. The molecule has 0 amide bonds. The van der Waals surface area contributed by atoms with Crippen LogP contribution in [0.15, 0.2) is 22.7 Å². The van der Waals surface area contributed by atoms with Crippen molar-refractivity contribution in [2.75, 3.05) is 12.3 Å². The predicted molar refractivity (Wildman–Crippen MR) is 73.6 cm³/mol. The number of nitrogens with two attached hydrogens (primary N) is 1. The highest BCUT2D eigenvalue weighted by atomic mass is 16.5. The van der Waals surface area contributed by atoms with Crippen LogP contribution in [0, 0.1) is 5.41 Å². The molecule has 2 N–H and O–H groups in total. The van der Waals surface area contributed by atoms with Crippen LogP contribution in [0.4, 0.5) is 5.95 Å². The zero-order valence-electron chi connectivity index (χ0n) is 11.6. The molecular formula is C15H17N3O2. The van der Waals surface area contributed by atoms with Gasteiger partial charge in [-0.3, -0.25) is 0 Å². The van der Waals surface area contributed by atoms with Crippen molar-refractivity contribution in [3.05, 3.63) is 35.2 Å². The van der Waals surface area contributed by atoms with Crippen LogP contribution < -0.4 is 10.5 Å². The van der Waals surface area contributed by atoms with Crippen LogP contribution in [0.1, 0.15) is 42.7 Å². The molecule has 0 bridgehead atoms. The van der Waals surface area contributed by atoms with Crippen LogP contribution in [0.25, 0.3) is 0 Å². The molecule has 20 heavy (non-hydrogen) atoms. The Balaban J connectivity index is 1.75. The quantitative estimate of drug-likeness (QED) is 0.908. The lowest BCUT2D eigenvalue weighted by molar-refractivity contribution is 0.357. The van der Waals surface area contributed by atoms with Crippen LogP contribution in [-0.2, 0) is 6.42 Å². The molecule has 5 nitrogen and oxygen atoms in total. The number of aromatic nitrogens is 2. The second kappa shape index (κ2) is 3.75. The number of nitrogen functional groups attached to an aromatic ring is 1. The molecule has 2 atom stereocenters. The van der Waals surface area contributed by atoms with Gasteiger partial charge in [-0.05, 0) is 22.2 Å². The van der Waals surface area contributed by atoms with Gasteiger partial charge in [0.05, 0.1) is 12.5 Å². The zero-order chi connectivity index (χ0) is 13.9. The van der Waals surface area contributed by atoms with Crippen molar-refractivity contribution >= 4 is 5.95 Å². The van der Waals surface area contributed by atoms with Crippen LogP contribution in [-0.4, -0.2) is 16.7 Å². The zero-order valence-corrected chi connectivity index (χ0v) is 11.6. The van der Waals surface area contributed by atoms with E-state index in [2.05, 4.69) is 36.1 Å². The van der Waals surface area contributed by atoms with Crippen molar-refractivity contribution in [2.45, 2.75) is 32.1 Å². The molecule has 2 heterocycles. The maximum atomic E-state index is 5.66. The molecule has 1 aromatic carbocycles. The summed E-state index contributed by atoms with van der Waals surface area (Å²) in [6.45, 7) is 5.24. The minimum absolute atomic E-state index is 0.108. The number of benzene rings is 1. The fourth-order valence-corrected chi connectivity index (χ4v) is 3.59. The Morgan fingerprint density at radius 3 is 2.90 bits per heavy atom. The number of hydrogen-bond acceptors (Lipinski definition) is 5. The van der Waals surface area contributed by atoms with Gasteiger partial charge >= 0.3 is 0 Å². The topological polar surface area (TPSA) is 74.2 Å². The van der Waals surface area contributed by atoms with E-state index >= 15 is 0 Å². The highest BCUT2D eigenvalue weighted by molar-refractivity contribution is 5.50. The Morgan fingerprint density at radius 1 is 1.30 bits per heavy atom. The van der Waals surface area contributed by atoms with Crippen molar-refractivity contribution in [1.29, 1.82) is 0 Å². The number of hydrogen-bond donors (Lipinski definition) is 1. The lowest BCUT2D eigenvalue weighted by Gasteiger charge is -2.07. The van der Waals surface area contributed by atoms with Gasteiger partial charge in [-0.15, -0.1) is 0 Å². The first kappa shape index (κ1) is 11.8. The lowest BCUT2D eigenvalue weighted by atomic mass is 9.96. The molecule has 2 aromatic rings. The number of rotatable bonds is 2.